The molecule has 0 aromatic carbocycles. The first kappa shape index (κ1) is 10.2. The second kappa shape index (κ2) is 4.02. The number of fused-ring (bicyclic) bond motifs is 1. The lowest BCUT2D eigenvalue weighted by atomic mass is 10.1. The van der Waals surface area contributed by atoms with Crippen LogP contribution in [0.1, 0.15) is 34.8 Å². The third-order valence-corrected chi connectivity index (χ3v) is 2.67. The number of hydrogen-bond acceptors (Lipinski definition) is 3. The molecule has 0 fully saturated rings. The zero-order valence-corrected chi connectivity index (χ0v) is 8.69. The number of aromatic nitrogens is 2. The maximum atomic E-state index is 11.0. The number of methoxy groups -OCH3 is 1. The van der Waals surface area contributed by atoms with E-state index in [4.69, 9.17) is 9.84 Å². The van der Waals surface area contributed by atoms with Gasteiger partial charge in [-0.3, -0.25) is 0 Å². The molecular weight excluding hydrogens is 196 g/mol. The molecule has 0 aliphatic carbocycles. The summed E-state index contributed by atoms with van der Waals surface area (Å²) in [6.45, 7) is 1.23. The van der Waals surface area contributed by atoms with E-state index in [2.05, 4.69) is 4.98 Å². The van der Waals surface area contributed by atoms with Gasteiger partial charge >= 0.3 is 5.97 Å². The number of carboxylic acid groups (broad SMARTS) is 1. The maximum Gasteiger partial charge on any atom is 0.356 e. The zero-order valence-electron chi connectivity index (χ0n) is 8.69. The molecule has 82 valence electrons. The Bertz CT molecular complexity index is 384. The summed E-state index contributed by atoms with van der Waals surface area (Å²) in [5, 5.41) is 9.01. The van der Waals surface area contributed by atoms with Gasteiger partial charge in [0.1, 0.15) is 12.4 Å². The molecule has 1 aromatic heterocycles. The minimum atomic E-state index is -0.942. The van der Waals surface area contributed by atoms with Crippen molar-refractivity contribution in [3.8, 4) is 0 Å². The molecule has 0 bridgehead atoms. The standard InChI is InChI=1S/C10H14N2O3/c1-15-6-8-11-9(10(13)14)7-4-2-3-5-12(7)8/h2-6H2,1H3,(H,13,14). The third kappa shape index (κ3) is 1.74. The fraction of sp³-hybridized carbons (Fsp3) is 0.600. The van der Waals surface area contributed by atoms with Gasteiger partial charge < -0.3 is 14.4 Å². The first-order chi connectivity index (χ1) is 7.24. The monoisotopic (exact) mass is 210 g/mol. The van der Waals surface area contributed by atoms with Crippen molar-refractivity contribution in [2.24, 2.45) is 0 Å². The highest BCUT2D eigenvalue weighted by atomic mass is 16.5. The molecule has 0 saturated carbocycles. The Balaban J connectivity index is 2.44. The van der Waals surface area contributed by atoms with E-state index in [0.29, 0.717) is 6.61 Å². The van der Waals surface area contributed by atoms with Crippen molar-refractivity contribution in [2.75, 3.05) is 7.11 Å². The third-order valence-electron chi connectivity index (χ3n) is 2.67. The summed E-state index contributed by atoms with van der Waals surface area (Å²) in [7, 11) is 1.59. The number of hydrogen-bond donors (Lipinski definition) is 1. The van der Waals surface area contributed by atoms with Crippen LogP contribution in [0.4, 0.5) is 0 Å². The molecule has 1 aliphatic heterocycles. The van der Waals surface area contributed by atoms with Crippen molar-refractivity contribution in [1.82, 2.24) is 9.55 Å². The fourth-order valence-corrected chi connectivity index (χ4v) is 2.03. The van der Waals surface area contributed by atoms with Gasteiger partial charge in [-0.1, -0.05) is 0 Å². The van der Waals surface area contributed by atoms with Crippen LogP contribution >= 0.6 is 0 Å². The average Bonchev–Trinajstić information content (AvgIpc) is 2.59. The molecule has 0 spiro atoms. The van der Waals surface area contributed by atoms with E-state index >= 15 is 0 Å². The molecule has 2 rings (SSSR count). The predicted molar refractivity (Wildman–Crippen MR) is 52.8 cm³/mol. The summed E-state index contributed by atoms with van der Waals surface area (Å²) in [4.78, 5) is 15.1. The minimum absolute atomic E-state index is 0.196. The number of carboxylic acids is 1. The van der Waals surface area contributed by atoms with E-state index in [9.17, 15) is 4.79 Å². The Morgan fingerprint density at radius 2 is 2.40 bits per heavy atom. The van der Waals surface area contributed by atoms with Gasteiger partial charge in [0.25, 0.3) is 0 Å². The van der Waals surface area contributed by atoms with Crippen LogP contribution in [0.3, 0.4) is 0 Å². The van der Waals surface area contributed by atoms with Crippen molar-refractivity contribution in [3.05, 3.63) is 17.2 Å². The summed E-state index contributed by atoms with van der Waals surface area (Å²) < 4.78 is 6.99. The molecule has 5 nitrogen and oxygen atoms in total. The van der Waals surface area contributed by atoms with Gasteiger partial charge in [0.15, 0.2) is 5.69 Å². The van der Waals surface area contributed by atoms with E-state index < -0.39 is 5.97 Å². The van der Waals surface area contributed by atoms with Crippen molar-refractivity contribution >= 4 is 5.97 Å². The number of rotatable bonds is 3. The number of nitrogens with zero attached hydrogens (tertiary/aromatic N) is 2. The largest absolute Gasteiger partial charge is 0.476 e. The normalized spacial score (nSPS) is 15.0. The fourth-order valence-electron chi connectivity index (χ4n) is 2.03. The molecule has 1 aromatic rings. The molecule has 0 amide bonds. The number of aromatic carboxylic acids is 1. The summed E-state index contributed by atoms with van der Waals surface area (Å²) in [5.74, 6) is -0.215. The van der Waals surface area contributed by atoms with Gasteiger partial charge in [-0.25, -0.2) is 9.78 Å². The highest BCUT2D eigenvalue weighted by molar-refractivity contribution is 5.86. The van der Waals surface area contributed by atoms with Gasteiger partial charge in [-0.2, -0.15) is 0 Å². The lowest BCUT2D eigenvalue weighted by Crippen LogP contribution is -2.14. The van der Waals surface area contributed by atoms with Crippen molar-refractivity contribution < 1.29 is 14.6 Å². The van der Waals surface area contributed by atoms with Crippen LogP contribution in [0.5, 0.6) is 0 Å². The zero-order chi connectivity index (χ0) is 10.8. The molecule has 1 aliphatic rings. The van der Waals surface area contributed by atoms with Crippen LogP contribution in [0.2, 0.25) is 0 Å². The molecule has 1 N–H and O–H groups in total. The number of ether oxygens (including phenoxy) is 1. The Kier molecular flexibility index (Phi) is 2.73. The highest BCUT2D eigenvalue weighted by Gasteiger charge is 2.23. The van der Waals surface area contributed by atoms with E-state index in [1.54, 1.807) is 7.11 Å². The number of imidazole rings is 1. The molecule has 2 heterocycles. The second-order valence-corrected chi connectivity index (χ2v) is 3.67. The Labute approximate surface area is 87.7 Å². The minimum Gasteiger partial charge on any atom is -0.476 e. The Morgan fingerprint density at radius 1 is 1.60 bits per heavy atom. The van der Waals surface area contributed by atoms with Gasteiger partial charge in [0.05, 0.1) is 5.69 Å². The Hall–Kier alpha value is -1.36. The molecule has 5 heteroatoms. The van der Waals surface area contributed by atoms with Gasteiger partial charge in [0, 0.05) is 13.7 Å². The van der Waals surface area contributed by atoms with Crippen molar-refractivity contribution in [2.45, 2.75) is 32.4 Å². The van der Waals surface area contributed by atoms with E-state index in [1.807, 2.05) is 4.57 Å². The Morgan fingerprint density at radius 3 is 3.07 bits per heavy atom. The lowest BCUT2D eigenvalue weighted by molar-refractivity contribution is 0.0689. The topological polar surface area (TPSA) is 64.3 Å². The first-order valence-electron chi connectivity index (χ1n) is 5.04. The first-order valence-corrected chi connectivity index (χ1v) is 5.04. The molecule has 0 radical (unpaired) electrons. The molecule has 15 heavy (non-hydrogen) atoms. The SMILES string of the molecule is COCc1nc(C(=O)O)c2n1CCCC2. The van der Waals surface area contributed by atoms with Crippen LogP contribution < -0.4 is 0 Å². The van der Waals surface area contributed by atoms with Crippen molar-refractivity contribution in [1.29, 1.82) is 0 Å². The molecular formula is C10H14N2O3. The lowest BCUT2D eigenvalue weighted by Gasteiger charge is -2.16. The highest BCUT2D eigenvalue weighted by Crippen LogP contribution is 2.21. The summed E-state index contributed by atoms with van der Waals surface area (Å²) in [6.07, 6.45) is 2.93. The second-order valence-electron chi connectivity index (χ2n) is 3.67. The summed E-state index contributed by atoms with van der Waals surface area (Å²) >= 11 is 0. The van der Waals surface area contributed by atoms with Crippen LogP contribution in [-0.4, -0.2) is 27.7 Å². The summed E-state index contributed by atoms with van der Waals surface area (Å²) in [6, 6.07) is 0. The summed E-state index contributed by atoms with van der Waals surface area (Å²) in [5.41, 5.74) is 1.04. The van der Waals surface area contributed by atoms with E-state index in [1.165, 1.54) is 0 Å². The van der Waals surface area contributed by atoms with Crippen LogP contribution in [0, 0.1) is 0 Å². The molecule has 0 atom stereocenters. The number of carbonyl (C=O) groups is 1. The van der Waals surface area contributed by atoms with Crippen LogP contribution in [0.25, 0.3) is 0 Å². The van der Waals surface area contributed by atoms with Crippen LogP contribution in [-0.2, 0) is 24.3 Å². The van der Waals surface area contributed by atoms with Gasteiger partial charge in [-0.05, 0) is 19.3 Å². The van der Waals surface area contributed by atoms with Crippen molar-refractivity contribution in [3.63, 3.8) is 0 Å². The predicted octanol–water partition coefficient (Wildman–Crippen LogP) is 1.06. The maximum absolute atomic E-state index is 11.0. The van der Waals surface area contributed by atoms with Gasteiger partial charge in [-0.15, -0.1) is 0 Å². The van der Waals surface area contributed by atoms with E-state index in [0.717, 1.165) is 37.3 Å². The quantitative estimate of drug-likeness (QED) is 0.810. The smallest absolute Gasteiger partial charge is 0.356 e. The van der Waals surface area contributed by atoms with E-state index in [-0.39, 0.29) is 5.69 Å². The molecule has 0 saturated heterocycles. The van der Waals surface area contributed by atoms with Gasteiger partial charge in [0.2, 0.25) is 0 Å². The van der Waals surface area contributed by atoms with Crippen LogP contribution in [0.15, 0.2) is 0 Å². The average molecular weight is 210 g/mol. The molecule has 0 unspecified atom stereocenters.